The van der Waals surface area contributed by atoms with Gasteiger partial charge in [-0.05, 0) is 20.3 Å². The highest BCUT2D eigenvalue weighted by atomic mass is 16.6. The van der Waals surface area contributed by atoms with Crippen molar-refractivity contribution in [3.63, 3.8) is 0 Å². The van der Waals surface area contributed by atoms with Crippen LogP contribution in [0.15, 0.2) is 0 Å². The third kappa shape index (κ3) is 6.86. The van der Waals surface area contributed by atoms with Crippen LogP contribution in [0.3, 0.4) is 0 Å². The van der Waals surface area contributed by atoms with Crippen molar-refractivity contribution in [3.8, 4) is 0 Å². The monoisotopic (exact) mass is 203 g/mol. The molecule has 4 heteroatoms. The van der Waals surface area contributed by atoms with Crippen LogP contribution in [0.1, 0.15) is 33.6 Å². The zero-order chi connectivity index (χ0) is 11.0. The maximum Gasteiger partial charge on any atom is 0.322 e. The molecule has 0 amide bonds. The molecule has 0 aliphatic heterocycles. The van der Waals surface area contributed by atoms with Crippen molar-refractivity contribution in [2.75, 3.05) is 13.2 Å². The summed E-state index contributed by atoms with van der Waals surface area (Å²) in [7, 11) is 0. The van der Waals surface area contributed by atoms with Crippen LogP contribution < -0.4 is 5.73 Å². The average Bonchev–Trinajstić information content (AvgIpc) is 2.12. The molecule has 0 heterocycles. The fraction of sp³-hybridized carbons (Fsp3) is 0.900. The topological polar surface area (TPSA) is 61.6 Å². The van der Waals surface area contributed by atoms with Crippen LogP contribution in [0.5, 0.6) is 0 Å². The maximum atomic E-state index is 11.2. The van der Waals surface area contributed by atoms with Crippen LogP contribution in [-0.4, -0.2) is 31.3 Å². The number of esters is 1. The van der Waals surface area contributed by atoms with Crippen molar-refractivity contribution < 1.29 is 14.3 Å². The lowest BCUT2D eigenvalue weighted by Crippen LogP contribution is -2.32. The smallest absolute Gasteiger partial charge is 0.322 e. The summed E-state index contributed by atoms with van der Waals surface area (Å²) in [5, 5.41) is 0. The highest BCUT2D eigenvalue weighted by Crippen LogP contribution is 1.96. The van der Waals surface area contributed by atoms with Gasteiger partial charge in [0.1, 0.15) is 12.6 Å². The minimum absolute atomic E-state index is 0.165. The Bertz CT molecular complexity index is 159. The van der Waals surface area contributed by atoms with Gasteiger partial charge in [0.2, 0.25) is 0 Å². The van der Waals surface area contributed by atoms with Crippen LogP contribution in [0.2, 0.25) is 0 Å². The van der Waals surface area contributed by atoms with Crippen LogP contribution in [-0.2, 0) is 14.3 Å². The van der Waals surface area contributed by atoms with Crippen molar-refractivity contribution in [1.82, 2.24) is 0 Å². The van der Waals surface area contributed by atoms with Crippen molar-refractivity contribution in [2.45, 2.75) is 45.8 Å². The molecule has 1 atom stereocenters. The Hall–Kier alpha value is -0.610. The van der Waals surface area contributed by atoms with E-state index in [4.69, 9.17) is 15.2 Å². The molecule has 0 aliphatic rings. The third-order valence-corrected chi connectivity index (χ3v) is 1.68. The van der Waals surface area contributed by atoms with Gasteiger partial charge in [0.15, 0.2) is 0 Å². The zero-order valence-electron chi connectivity index (χ0n) is 9.29. The van der Waals surface area contributed by atoms with E-state index in [1.54, 1.807) is 0 Å². The molecule has 0 bridgehead atoms. The van der Waals surface area contributed by atoms with Crippen molar-refractivity contribution in [2.24, 2.45) is 5.73 Å². The molecule has 0 aromatic carbocycles. The predicted octanol–water partition coefficient (Wildman–Crippen LogP) is 1.08. The first kappa shape index (κ1) is 13.4. The van der Waals surface area contributed by atoms with Gasteiger partial charge in [0.05, 0.1) is 12.7 Å². The molecule has 0 saturated heterocycles. The van der Waals surface area contributed by atoms with Gasteiger partial charge < -0.3 is 15.2 Å². The minimum Gasteiger partial charge on any atom is -0.462 e. The van der Waals surface area contributed by atoms with Gasteiger partial charge in [-0.3, -0.25) is 4.79 Å². The Balaban J connectivity index is 3.44. The second-order valence-corrected chi connectivity index (χ2v) is 3.48. The molecule has 0 unspecified atom stereocenters. The van der Waals surface area contributed by atoms with E-state index in [-0.39, 0.29) is 18.7 Å². The van der Waals surface area contributed by atoms with Gasteiger partial charge in [-0.15, -0.1) is 0 Å². The quantitative estimate of drug-likeness (QED) is 0.497. The highest BCUT2D eigenvalue weighted by Gasteiger charge is 2.13. The molecule has 0 saturated carbocycles. The fourth-order valence-corrected chi connectivity index (χ4v) is 0.962. The number of ether oxygens (including phenoxy) is 2. The summed E-state index contributed by atoms with van der Waals surface area (Å²) in [6.45, 7) is 6.57. The Morgan fingerprint density at radius 3 is 2.50 bits per heavy atom. The third-order valence-electron chi connectivity index (χ3n) is 1.68. The molecule has 0 aromatic heterocycles. The first-order chi connectivity index (χ1) is 6.57. The van der Waals surface area contributed by atoms with E-state index >= 15 is 0 Å². The molecule has 0 aliphatic carbocycles. The van der Waals surface area contributed by atoms with E-state index in [0.717, 1.165) is 6.42 Å². The summed E-state index contributed by atoms with van der Waals surface area (Å²) < 4.78 is 10.1. The number of hydrogen-bond acceptors (Lipinski definition) is 4. The van der Waals surface area contributed by atoms with Gasteiger partial charge in [0, 0.05) is 0 Å². The first-order valence-corrected chi connectivity index (χ1v) is 5.11. The average molecular weight is 203 g/mol. The van der Waals surface area contributed by atoms with Gasteiger partial charge in [-0.1, -0.05) is 13.3 Å². The molecule has 14 heavy (non-hydrogen) atoms. The zero-order valence-corrected chi connectivity index (χ0v) is 9.29. The normalized spacial score (nSPS) is 12.9. The van der Waals surface area contributed by atoms with Gasteiger partial charge in [0.25, 0.3) is 0 Å². The van der Waals surface area contributed by atoms with Crippen molar-refractivity contribution >= 4 is 5.97 Å². The second kappa shape index (κ2) is 7.76. The standard InChI is InChI=1S/C10H21NO3/c1-4-5-9(11)10(12)14-7-6-13-8(2)3/h8-9H,4-7,11H2,1-3H3/t9-/m1/s1. The van der Waals surface area contributed by atoms with Crippen LogP contribution in [0, 0.1) is 0 Å². The number of rotatable bonds is 7. The largest absolute Gasteiger partial charge is 0.462 e. The lowest BCUT2D eigenvalue weighted by atomic mass is 10.2. The SMILES string of the molecule is CCC[C@@H](N)C(=O)OCCOC(C)C. The van der Waals surface area contributed by atoms with Crippen LogP contribution >= 0.6 is 0 Å². The van der Waals surface area contributed by atoms with E-state index in [9.17, 15) is 4.79 Å². The molecule has 0 aromatic rings. The van der Waals surface area contributed by atoms with Gasteiger partial charge >= 0.3 is 5.97 Å². The van der Waals surface area contributed by atoms with E-state index in [1.807, 2.05) is 20.8 Å². The lowest BCUT2D eigenvalue weighted by molar-refractivity contribution is -0.147. The minimum atomic E-state index is -0.487. The number of nitrogens with two attached hydrogens (primary N) is 1. The van der Waals surface area contributed by atoms with E-state index in [1.165, 1.54) is 0 Å². The molecule has 2 N–H and O–H groups in total. The Morgan fingerprint density at radius 1 is 1.36 bits per heavy atom. The first-order valence-electron chi connectivity index (χ1n) is 5.11. The second-order valence-electron chi connectivity index (χ2n) is 3.48. The molecule has 0 radical (unpaired) electrons. The Labute approximate surface area is 85.8 Å². The summed E-state index contributed by atoms with van der Waals surface area (Å²) >= 11 is 0. The number of carbonyl (C=O) groups excluding carboxylic acids is 1. The Kier molecular flexibility index (Phi) is 7.42. The number of carbonyl (C=O) groups is 1. The fourth-order valence-electron chi connectivity index (χ4n) is 0.962. The Morgan fingerprint density at radius 2 is 2.00 bits per heavy atom. The van der Waals surface area contributed by atoms with E-state index in [0.29, 0.717) is 13.0 Å². The molecule has 4 nitrogen and oxygen atoms in total. The predicted molar refractivity (Wildman–Crippen MR) is 54.9 cm³/mol. The summed E-state index contributed by atoms with van der Waals surface area (Å²) in [6, 6.07) is -0.487. The number of hydrogen-bond donors (Lipinski definition) is 1. The van der Waals surface area contributed by atoms with Crippen molar-refractivity contribution in [3.05, 3.63) is 0 Å². The summed E-state index contributed by atoms with van der Waals surface area (Å²) in [5.74, 6) is -0.334. The summed E-state index contributed by atoms with van der Waals surface area (Å²) in [4.78, 5) is 11.2. The van der Waals surface area contributed by atoms with Gasteiger partial charge in [-0.2, -0.15) is 0 Å². The van der Waals surface area contributed by atoms with Gasteiger partial charge in [-0.25, -0.2) is 0 Å². The summed E-state index contributed by atoms with van der Waals surface area (Å²) in [5.41, 5.74) is 5.55. The molecule has 0 rings (SSSR count). The van der Waals surface area contributed by atoms with Crippen LogP contribution in [0.4, 0.5) is 0 Å². The molecular formula is C10H21NO3. The molecule has 0 fully saturated rings. The molecule has 0 spiro atoms. The van der Waals surface area contributed by atoms with Crippen molar-refractivity contribution in [1.29, 1.82) is 0 Å². The van der Waals surface area contributed by atoms with E-state index in [2.05, 4.69) is 0 Å². The lowest BCUT2D eigenvalue weighted by Gasteiger charge is -2.11. The molecular weight excluding hydrogens is 182 g/mol. The summed E-state index contributed by atoms with van der Waals surface area (Å²) in [6.07, 6.45) is 1.72. The molecule has 84 valence electrons. The van der Waals surface area contributed by atoms with E-state index < -0.39 is 6.04 Å². The van der Waals surface area contributed by atoms with Crippen LogP contribution in [0.25, 0.3) is 0 Å². The maximum absolute atomic E-state index is 11.2. The highest BCUT2D eigenvalue weighted by molar-refractivity contribution is 5.75.